The minimum absolute atomic E-state index is 0.122. The van der Waals surface area contributed by atoms with Gasteiger partial charge in [0.25, 0.3) is 0 Å². The Morgan fingerprint density at radius 1 is 0.938 bits per heavy atom. The van der Waals surface area contributed by atoms with Crippen LogP contribution >= 0.6 is 23.2 Å². The van der Waals surface area contributed by atoms with Gasteiger partial charge in [0.2, 0.25) is 5.78 Å². The van der Waals surface area contributed by atoms with Gasteiger partial charge >= 0.3 is 0 Å². The maximum Gasteiger partial charge on any atom is 0.216 e. The lowest BCUT2D eigenvalue weighted by Crippen LogP contribution is -2.13. The first kappa shape index (κ1) is 11.1. The summed E-state index contributed by atoms with van der Waals surface area (Å²) in [5, 5.41) is -0.265. The molecule has 0 atom stereocenters. The van der Waals surface area contributed by atoms with Crippen molar-refractivity contribution in [3.8, 4) is 0 Å². The van der Waals surface area contributed by atoms with Crippen LogP contribution in [0.1, 0.15) is 5.56 Å². The van der Waals surface area contributed by atoms with E-state index in [1.807, 2.05) is 6.07 Å². The van der Waals surface area contributed by atoms with Gasteiger partial charge in [-0.25, -0.2) is 0 Å². The minimum Gasteiger partial charge on any atom is -0.289 e. The van der Waals surface area contributed by atoms with Crippen LogP contribution in [0.2, 0.25) is 0 Å². The van der Waals surface area contributed by atoms with E-state index >= 15 is 0 Å². The molecule has 2 rings (SSSR count). The molecule has 4 heteroatoms. The van der Waals surface area contributed by atoms with Crippen LogP contribution in [0.15, 0.2) is 46.5 Å². The second kappa shape index (κ2) is 4.24. The molecule has 1 aliphatic carbocycles. The van der Waals surface area contributed by atoms with E-state index in [9.17, 15) is 9.59 Å². The molecule has 0 saturated heterocycles. The Labute approximate surface area is 102 Å². The van der Waals surface area contributed by atoms with E-state index in [-0.39, 0.29) is 21.4 Å². The lowest BCUT2D eigenvalue weighted by molar-refractivity contribution is -0.113. The first-order chi connectivity index (χ1) is 7.61. The summed E-state index contributed by atoms with van der Waals surface area (Å²) in [5.41, 5.74) is 0.822. The van der Waals surface area contributed by atoms with Gasteiger partial charge in [-0.1, -0.05) is 53.5 Å². The highest BCUT2D eigenvalue weighted by Gasteiger charge is 2.27. The van der Waals surface area contributed by atoms with E-state index in [1.165, 1.54) is 0 Å². The van der Waals surface area contributed by atoms with Crippen molar-refractivity contribution >= 4 is 40.3 Å². The number of hydrogen-bond donors (Lipinski definition) is 0. The van der Waals surface area contributed by atoms with Crippen LogP contribution in [0.25, 0.3) is 5.57 Å². The van der Waals surface area contributed by atoms with Crippen LogP contribution in [-0.4, -0.2) is 11.6 Å². The third kappa shape index (κ3) is 1.82. The molecule has 1 aromatic rings. The Bertz CT molecular complexity index is 527. The van der Waals surface area contributed by atoms with Crippen molar-refractivity contribution in [3.05, 3.63) is 52.0 Å². The molecule has 0 N–H and O–H groups in total. The average Bonchev–Trinajstić information content (AvgIpc) is 2.28. The quantitative estimate of drug-likeness (QED) is 0.721. The van der Waals surface area contributed by atoms with Gasteiger partial charge < -0.3 is 0 Å². The molecule has 1 aromatic carbocycles. The van der Waals surface area contributed by atoms with Crippen LogP contribution in [0, 0.1) is 0 Å². The summed E-state index contributed by atoms with van der Waals surface area (Å²) < 4.78 is 0. The zero-order valence-corrected chi connectivity index (χ0v) is 9.55. The first-order valence-electron chi connectivity index (χ1n) is 4.52. The molecule has 2 nitrogen and oxygen atoms in total. The topological polar surface area (TPSA) is 34.1 Å². The lowest BCUT2D eigenvalue weighted by Gasteiger charge is -2.11. The van der Waals surface area contributed by atoms with Crippen molar-refractivity contribution in [3.63, 3.8) is 0 Å². The third-order valence-electron chi connectivity index (χ3n) is 2.20. The summed E-state index contributed by atoms with van der Waals surface area (Å²) in [6.45, 7) is 0. The van der Waals surface area contributed by atoms with Gasteiger partial charge in [0.1, 0.15) is 5.03 Å². The van der Waals surface area contributed by atoms with Crippen molar-refractivity contribution in [1.29, 1.82) is 0 Å². The van der Waals surface area contributed by atoms with Crippen LogP contribution in [-0.2, 0) is 9.59 Å². The highest BCUT2D eigenvalue weighted by atomic mass is 35.5. The molecule has 1 aliphatic rings. The predicted molar refractivity (Wildman–Crippen MR) is 63.2 cm³/mol. The lowest BCUT2D eigenvalue weighted by atomic mass is 9.96. The number of hydrogen-bond acceptors (Lipinski definition) is 2. The maximum atomic E-state index is 11.7. The predicted octanol–water partition coefficient (Wildman–Crippen LogP) is 2.91. The SMILES string of the molecule is O=C1C=C(Cl)C(=O)C(Cl)=C1c1ccccc1. The van der Waals surface area contributed by atoms with Gasteiger partial charge in [-0.2, -0.15) is 0 Å². The molecule has 0 heterocycles. The van der Waals surface area contributed by atoms with Crippen molar-refractivity contribution in [1.82, 2.24) is 0 Å². The highest BCUT2D eigenvalue weighted by Crippen LogP contribution is 2.30. The Kier molecular flexibility index (Phi) is 2.95. The number of halogens is 2. The number of benzene rings is 1. The zero-order chi connectivity index (χ0) is 11.7. The monoisotopic (exact) mass is 252 g/mol. The normalized spacial score (nSPS) is 16.5. The second-order valence-corrected chi connectivity index (χ2v) is 4.03. The van der Waals surface area contributed by atoms with E-state index in [2.05, 4.69) is 0 Å². The first-order valence-corrected chi connectivity index (χ1v) is 5.28. The van der Waals surface area contributed by atoms with Crippen LogP contribution in [0.5, 0.6) is 0 Å². The number of Topliss-reactive ketones (excluding diaryl/α,β-unsaturated/α-hetero) is 1. The largest absolute Gasteiger partial charge is 0.289 e. The van der Waals surface area contributed by atoms with E-state index in [1.54, 1.807) is 24.3 Å². The smallest absolute Gasteiger partial charge is 0.216 e. The number of carbonyl (C=O) groups excluding carboxylic acids is 2. The third-order valence-corrected chi connectivity index (χ3v) is 2.84. The van der Waals surface area contributed by atoms with Crippen LogP contribution in [0.3, 0.4) is 0 Å². The fourth-order valence-electron chi connectivity index (χ4n) is 1.45. The summed E-state index contributed by atoms with van der Waals surface area (Å²) in [6, 6.07) is 8.79. The Morgan fingerprint density at radius 2 is 1.56 bits per heavy atom. The van der Waals surface area contributed by atoms with Gasteiger partial charge in [-0.15, -0.1) is 0 Å². The Morgan fingerprint density at radius 3 is 2.19 bits per heavy atom. The van der Waals surface area contributed by atoms with E-state index in [0.29, 0.717) is 5.56 Å². The molecule has 0 aliphatic heterocycles. The van der Waals surface area contributed by atoms with E-state index in [0.717, 1.165) is 6.08 Å². The van der Waals surface area contributed by atoms with E-state index < -0.39 is 5.78 Å². The maximum absolute atomic E-state index is 11.7. The summed E-state index contributed by atoms with van der Waals surface area (Å²) in [6.07, 6.45) is 1.10. The van der Waals surface area contributed by atoms with Crippen LogP contribution in [0.4, 0.5) is 0 Å². The van der Waals surface area contributed by atoms with Crippen molar-refractivity contribution in [2.24, 2.45) is 0 Å². The molecule has 0 unspecified atom stereocenters. The molecule has 0 amide bonds. The Balaban J connectivity index is 2.57. The van der Waals surface area contributed by atoms with Gasteiger partial charge in [0.05, 0.1) is 10.6 Å². The molecule has 0 aromatic heterocycles. The summed E-state index contributed by atoms with van der Waals surface area (Å²) in [5.74, 6) is -0.859. The number of carbonyl (C=O) groups is 2. The molecule has 0 spiro atoms. The molecule has 0 radical (unpaired) electrons. The molecular weight excluding hydrogens is 247 g/mol. The zero-order valence-electron chi connectivity index (χ0n) is 8.04. The molecule has 0 fully saturated rings. The molecular formula is C12H6Cl2O2. The number of allylic oxidation sites excluding steroid dienone is 4. The second-order valence-electron chi connectivity index (χ2n) is 3.24. The van der Waals surface area contributed by atoms with E-state index in [4.69, 9.17) is 23.2 Å². The molecule has 0 saturated carbocycles. The summed E-state index contributed by atoms with van der Waals surface area (Å²) in [4.78, 5) is 23.2. The average molecular weight is 253 g/mol. The number of ketones is 2. The van der Waals surface area contributed by atoms with Crippen molar-refractivity contribution in [2.75, 3.05) is 0 Å². The minimum atomic E-state index is -0.512. The summed E-state index contributed by atoms with van der Waals surface area (Å²) in [7, 11) is 0. The molecule has 0 bridgehead atoms. The van der Waals surface area contributed by atoms with Gasteiger partial charge in [0, 0.05) is 6.08 Å². The number of rotatable bonds is 1. The van der Waals surface area contributed by atoms with Gasteiger partial charge in [0.15, 0.2) is 5.78 Å². The summed E-state index contributed by atoms with van der Waals surface area (Å²) >= 11 is 11.4. The molecule has 80 valence electrons. The standard InChI is InChI=1S/C12H6Cl2O2/c13-8-6-9(15)10(11(14)12(8)16)7-4-2-1-3-5-7/h1-6H. The molecule has 16 heavy (non-hydrogen) atoms. The Hall–Kier alpha value is -1.38. The highest BCUT2D eigenvalue weighted by molar-refractivity contribution is 6.62. The van der Waals surface area contributed by atoms with Gasteiger partial charge in [-0.05, 0) is 5.56 Å². The fraction of sp³-hybridized carbons (Fsp3) is 0. The van der Waals surface area contributed by atoms with Crippen LogP contribution < -0.4 is 0 Å². The van der Waals surface area contributed by atoms with Crippen molar-refractivity contribution < 1.29 is 9.59 Å². The van der Waals surface area contributed by atoms with Crippen molar-refractivity contribution in [2.45, 2.75) is 0 Å². The fourth-order valence-corrected chi connectivity index (χ4v) is 2.00. The van der Waals surface area contributed by atoms with Gasteiger partial charge in [-0.3, -0.25) is 9.59 Å².